The Labute approximate surface area is 106 Å². The summed E-state index contributed by atoms with van der Waals surface area (Å²) in [5.41, 5.74) is 7.74. The van der Waals surface area contributed by atoms with Crippen molar-refractivity contribution in [3.05, 3.63) is 48.0 Å². The van der Waals surface area contributed by atoms with Gasteiger partial charge in [0.25, 0.3) is 5.91 Å². The van der Waals surface area contributed by atoms with Crippen LogP contribution in [0.5, 0.6) is 0 Å². The molecule has 18 heavy (non-hydrogen) atoms. The van der Waals surface area contributed by atoms with Crippen molar-refractivity contribution >= 4 is 11.6 Å². The first-order chi connectivity index (χ1) is 8.66. The number of hydrogen-bond acceptors (Lipinski definition) is 3. The van der Waals surface area contributed by atoms with Crippen LogP contribution in [0.2, 0.25) is 0 Å². The van der Waals surface area contributed by atoms with E-state index in [-0.39, 0.29) is 5.91 Å². The fourth-order valence-electron chi connectivity index (χ4n) is 1.76. The minimum absolute atomic E-state index is 0.120. The average Bonchev–Trinajstić information content (AvgIpc) is 2.70. The summed E-state index contributed by atoms with van der Waals surface area (Å²) in [4.78, 5) is 16.1. The summed E-state index contributed by atoms with van der Waals surface area (Å²) in [6, 6.07) is 7.40. The molecule has 0 aliphatic heterocycles. The molecule has 0 saturated heterocycles. The lowest BCUT2D eigenvalue weighted by Crippen LogP contribution is -2.27. The van der Waals surface area contributed by atoms with Crippen molar-refractivity contribution < 1.29 is 4.79 Å². The molecule has 0 atom stereocenters. The van der Waals surface area contributed by atoms with Crippen molar-refractivity contribution in [3.8, 4) is 0 Å². The monoisotopic (exact) mass is 244 g/mol. The Hall–Kier alpha value is -2.30. The van der Waals surface area contributed by atoms with Gasteiger partial charge in [0, 0.05) is 38.1 Å². The molecule has 0 spiro atoms. The van der Waals surface area contributed by atoms with Gasteiger partial charge in [-0.25, -0.2) is 0 Å². The number of nitrogen functional groups attached to an aromatic ring is 1. The molecule has 0 aliphatic carbocycles. The highest BCUT2D eigenvalue weighted by atomic mass is 16.1. The van der Waals surface area contributed by atoms with Crippen molar-refractivity contribution in [3.63, 3.8) is 0 Å². The zero-order valence-corrected chi connectivity index (χ0v) is 10.3. The van der Waals surface area contributed by atoms with Crippen LogP contribution in [0.4, 0.5) is 5.69 Å². The summed E-state index contributed by atoms with van der Waals surface area (Å²) in [5.74, 6) is -0.120. The highest BCUT2D eigenvalue weighted by Gasteiger charge is 2.09. The number of aromatic nitrogens is 2. The maximum absolute atomic E-state index is 11.9. The summed E-state index contributed by atoms with van der Waals surface area (Å²) in [5, 5.41) is 2.85. The molecule has 0 bridgehead atoms. The van der Waals surface area contributed by atoms with E-state index in [9.17, 15) is 4.79 Å². The SMILES string of the molecule is Cn1cc(N)cc1C(=O)NCCc1ccccn1. The van der Waals surface area contributed by atoms with Gasteiger partial charge >= 0.3 is 0 Å². The molecule has 0 aliphatic rings. The van der Waals surface area contributed by atoms with E-state index in [1.54, 1.807) is 30.1 Å². The number of carbonyl (C=O) groups excluding carboxylic acids is 1. The quantitative estimate of drug-likeness (QED) is 0.842. The molecule has 2 heterocycles. The minimum Gasteiger partial charge on any atom is -0.397 e. The fraction of sp³-hybridized carbons (Fsp3) is 0.231. The van der Waals surface area contributed by atoms with Crippen molar-refractivity contribution in [1.29, 1.82) is 0 Å². The van der Waals surface area contributed by atoms with Crippen molar-refractivity contribution in [1.82, 2.24) is 14.9 Å². The van der Waals surface area contributed by atoms with E-state index >= 15 is 0 Å². The van der Waals surface area contributed by atoms with Gasteiger partial charge in [-0.1, -0.05) is 6.07 Å². The first-order valence-electron chi connectivity index (χ1n) is 5.77. The third-order valence-electron chi connectivity index (χ3n) is 2.65. The van der Waals surface area contributed by atoms with Gasteiger partial charge in [-0.05, 0) is 18.2 Å². The van der Waals surface area contributed by atoms with Crippen LogP contribution in [0.25, 0.3) is 0 Å². The minimum atomic E-state index is -0.120. The molecular formula is C13H16N4O. The van der Waals surface area contributed by atoms with Gasteiger partial charge in [-0.3, -0.25) is 9.78 Å². The van der Waals surface area contributed by atoms with Gasteiger partial charge in [-0.15, -0.1) is 0 Å². The molecular weight excluding hydrogens is 228 g/mol. The third-order valence-corrected chi connectivity index (χ3v) is 2.65. The standard InChI is InChI=1S/C13H16N4O/c1-17-9-10(14)8-12(17)13(18)16-7-5-11-4-2-3-6-15-11/h2-4,6,8-9H,5,7,14H2,1H3,(H,16,18). The van der Waals surface area contributed by atoms with Crippen LogP contribution in [0, 0.1) is 0 Å². The molecule has 0 aromatic carbocycles. The van der Waals surface area contributed by atoms with Gasteiger partial charge in [0.2, 0.25) is 0 Å². The average molecular weight is 244 g/mol. The number of carbonyl (C=O) groups is 1. The summed E-state index contributed by atoms with van der Waals surface area (Å²) in [7, 11) is 1.80. The number of aryl methyl sites for hydroxylation is 1. The zero-order valence-electron chi connectivity index (χ0n) is 10.3. The van der Waals surface area contributed by atoms with Gasteiger partial charge in [0.05, 0.1) is 5.69 Å². The van der Waals surface area contributed by atoms with Crippen LogP contribution in [-0.4, -0.2) is 22.0 Å². The van der Waals surface area contributed by atoms with Crippen LogP contribution >= 0.6 is 0 Å². The number of nitrogens with two attached hydrogens (primary N) is 1. The molecule has 3 N–H and O–H groups in total. The molecule has 2 rings (SSSR count). The second-order valence-corrected chi connectivity index (χ2v) is 4.10. The Morgan fingerprint density at radius 3 is 2.94 bits per heavy atom. The molecule has 1 amide bonds. The van der Waals surface area contributed by atoms with Crippen LogP contribution in [-0.2, 0) is 13.5 Å². The Bertz CT molecular complexity index is 533. The first-order valence-corrected chi connectivity index (χ1v) is 5.77. The van der Waals surface area contributed by atoms with E-state index < -0.39 is 0 Å². The van der Waals surface area contributed by atoms with Gasteiger partial charge in [0.1, 0.15) is 5.69 Å². The fourth-order valence-corrected chi connectivity index (χ4v) is 1.76. The number of nitrogens with zero attached hydrogens (tertiary/aromatic N) is 2. The number of pyridine rings is 1. The van der Waals surface area contributed by atoms with Crippen LogP contribution in [0.15, 0.2) is 36.7 Å². The summed E-state index contributed by atoms with van der Waals surface area (Å²) in [6.07, 6.45) is 4.18. The maximum atomic E-state index is 11.9. The normalized spacial score (nSPS) is 10.3. The summed E-state index contributed by atoms with van der Waals surface area (Å²) < 4.78 is 1.71. The lowest BCUT2D eigenvalue weighted by atomic mass is 10.2. The van der Waals surface area contributed by atoms with Gasteiger partial charge in [-0.2, -0.15) is 0 Å². The topological polar surface area (TPSA) is 72.9 Å². The molecule has 5 nitrogen and oxygen atoms in total. The predicted molar refractivity (Wildman–Crippen MR) is 70.1 cm³/mol. The molecule has 0 unspecified atom stereocenters. The molecule has 0 saturated carbocycles. The highest BCUT2D eigenvalue weighted by Crippen LogP contribution is 2.08. The van der Waals surface area contributed by atoms with Crippen molar-refractivity contribution in [2.24, 2.45) is 7.05 Å². The van der Waals surface area contributed by atoms with E-state index in [0.717, 1.165) is 5.69 Å². The number of amides is 1. The lowest BCUT2D eigenvalue weighted by molar-refractivity contribution is 0.0946. The largest absolute Gasteiger partial charge is 0.397 e. The molecule has 5 heteroatoms. The highest BCUT2D eigenvalue weighted by molar-refractivity contribution is 5.93. The molecule has 2 aromatic heterocycles. The van der Waals surface area contributed by atoms with Crippen LogP contribution in [0.3, 0.4) is 0 Å². The smallest absolute Gasteiger partial charge is 0.267 e. The Kier molecular flexibility index (Phi) is 3.62. The molecule has 94 valence electrons. The van der Waals surface area contributed by atoms with E-state index in [4.69, 9.17) is 5.73 Å². The number of rotatable bonds is 4. The maximum Gasteiger partial charge on any atom is 0.267 e. The van der Waals surface area contributed by atoms with Crippen molar-refractivity contribution in [2.75, 3.05) is 12.3 Å². The van der Waals surface area contributed by atoms with Crippen molar-refractivity contribution in [2.45, 2.75) is 6.42 Å². The first kappa shape index (κ1) is 12.2. The zero-order chi connectivity index (χ0) is 13.0. The molecule has 0 radical (unpaired) electrons. The number of hydrogen-bond donors (Lipinski definition) is 2. The second kappa shape index (κ2) is 5.35. The van der Waals surface area contributed by atoms with E-state index in [2.05, 4.69) is 10.3 Å². The van der Waals surface area contributed by atoms with Crippen LogP contribution in [0.1, 0.15) is 16.2 Å². The molecule has 2 aromatic rings. The summed E-state index contributed by atoms with van der Waals surface area (Å²) >= 11 is 0. The second-order valence-electron chi connectivity index (χ2n) is 4.10. The van der Waals surface area contributed by atoms with Gasteiger partial charge in [0.15, 0.2) is 0 Å². The van der Waals surface area contributed by atoms with E-state index in [1.807, 2.05) is 18.2 Å². The lowest BCUT2D eigenvalue weighted by Gasteiger charge is -2.05. The summed E-state index contributed by atoms with van der Waals surface area (Å²) in [6.45, 7) is 0.556. The predicted octanol–water partition coefficient (Wildman–Crippen LogP) is 0.975. The Morgan fingerprint density at radius 2 is 2.33 bits per heavy atom. The Morgan fingerprint density at radius 1 is 1.50 bits per heavy atom. The Balaban J connectivity index is 1.87. The number of nitrogens with one attached hydrogen (secondary N) is 1. The molecule has 0 fully saturated rings. The third kappa shape index (κ3) is 2.88. The van der Waals surface area contributed by atoms with Gasteiger partial charge < -0.3 is 15.6 Å². The number of anilines is 1. The van der Waals surface area contributed by atoms with E-state index in [1.165, 1.54) is 0 Å². The van der Waals surface area contributed by atoms with Crippen LogP contribution < -0.4 is 11.1 Å². The van der Waals surface area contributed by atoms with E-state index in [0.29, 0.717) is 24.3 Å².